The third-order valence-electron chi connectivity index (χ3n) is 5.65. The fraction of sp³-hybridized carbons (Fsp3) is 0.200. The molecule has 0 saturated heterocycles. The van der Waals surface area contributed by atoms with Crippen LogP contribution >= 0.6 is 15.9 Å². The third-order valence-corrected chi connectivity index (χ3v) is 6.18. The Morgan fingerprint density at radius 2 is 1.88 bits per heavy atom. The molecule has 0 aliphatic heterocycles. The SMILES string of the molecule is COCc1nn2c3c(nnc2c1-c1ccc(Br)cc1)C(=O)C[C@@H](/C=C/c1ccccc1)C3. The molecule has 4 aromatic rings. The number of nitrogens with zero attached hydrogens (tertiary/aromatic N) is 4. The Bertz CT molecular complexity index is 1310. The van der Waals surface area contributed by atoms with Gasteiger partial charge in [0.05, 0.1) is 23.6 Å². The van der Waals surface area contributed by atoms with E-state index in [9.17, 15) is 4.79 Å². The summed E-state index contributed by atoms with van der Waals surface area (Å²) in [6, 6.07) is 18.1. The monoisotopic (exact) mass is 488 g/mol. The number of benzene rings is 2. The average Bonchev–Trinajstić information content (AvgIpc) is 3.18. The number of ketones is 1. The standard InChI is InChI=1S/C25H21BrN4O2/c1-32-15-20-23(18-9-11-19(26)12-10-18)25-28-27-24-21(30(25)29-20)13-17(14-22(24)31)8-7-16-5-3-2-4-6-16/h2-12,17H,13-15H2,1H3/b8-7+/t17-/m0/s1. The van der Waals surface area contributed by atoms with Crippen molar-refractivity contribution < 1.29 is 9.53 Å². The second-order valence-electron chi connectivity index (χ2n) is 7.85. The number of hydrogen-bond acceptors (Lipinski definition) is 5. The number of ether oxygens (including phenoxy) is 1. The lowest BCUT2D eigenvalue weighted by Gasteiger charge is -2.20. The van der Waals surface area contributed by atoms with Crippen LogP contribution in [-0.2, 0) is 17.8 Å². The molecule has 0 amide bonds. The van der Waals surface area contributed by atoms with Crippen LogP contribution in [0.15, 0.2) is 65.1 Å². The fourth-order valence-electron chi connectivity index (χ4n) is 4.14. The normalized spacial score (nSPS) is 16.1. The summed E-state index contributed by atoms with van der Waals surface area (Å²) < 4.78 is 8.19. The smallest absolute Gasteiger partial charge is 0.185 e. The highest BCUT2D eigenvalue weighted by atomic mass is 79.9. The highest BCUT2D eigenvalue weighted by Gasteiger charge is 2.30. The molecule has 2 aromatic heterocycles. The predicted molar refractivity (Wildman–Crippen MR) is 126 cm³/mol. The van der Waals surface area contributed by atoms with E-state index < -0.39 is 0 Å². The highest BCUT2D eigenvalue weighted by molar-refractivity contribution is 9.10. The molecule has 0 fully saturated rings. The third kappa shape index (κ3) is 3.89. The van der Waals surface area contributed by atoms with Crippen molar-refractivity contribution in [2.75, 3.05) is 7.11 Å². The van der Waals surface area contributed by atoms with E-state index in [1.165, 1.54) is 0 Å². The Morgan fingerprint density at radius 1 is 1.09 bits per heavy atom. The molecule has 5 rings (SSSR count). The second kappa shape index (κ2) is 8.76. The first kappa shape index (κ1) is 20.7. The van der Waals surface area contributed by atoms with Gasteiger partial charge < -0.3 is 4.74 Å². The van der Waals surface area contributed by atoms with Gasteiger partial charge in [-0.1, -0.05) is 70.5 Å². The van der Waals surface area contributed by atoms with Crippen molar-refractivity contribution in [3.8, 4) is 11.1 Å². The Kier molecular flexibility index (Phi) is 5.68. The van der Waals surface area contributed by atoms with Gasteiger partial charge in [0, 0.05) is 18.0 Å². The largest absolute Gasteiger partial charge is 0.378 e. The van der Waals surface area contributed by atoms with Crippen molar-refractivity contribution in [2.24, 2.45) is 5.92 Å². The topological polar surface area (TPSA) is 69.4 Å². The zero-order valence-corrected chi connectivity index (χ0v) is 19.1. The van der Waals surface area contributed by atoms with Crippen LogP contribution < -0.4 is 0 Å². The van der Waals surface area contributed by atoms with Crippen LogP contribution in [0.25, 0.3) is 22.9 Å². The Balaban J connectivity index is 1.59. The van der Waals surface area contributed by atoms with Crippen molar-refractivity contribution in [3.05, 3.63) is 87.8 Å². The molecular formula is C25H21BrN4O2. The lowest BCUT2D eigenvalue weighted by atomic mass is 9.88. The number of hydrogen-bond donors (Lipinski definition) is 0. The maximum absolute atomic E-state index is 12.9. The van der Waals surface area contributed by atoms with Crippen LogP contribution in [-0.4, -0.2) is 32.7 Å². The number of allylic oxidation sites excluding steroid dienone is 1. The van der Waals surface area contributed by atoms with Crippen LogP contribution in [0.1, 0.15) is 33.9 Å². The van der Waals surface area contributed by atoms with E-state index in [1.54, 1.807) is 11.6 Å². The molecule has 0 bridgehead atoms. The lowest BCUT2D eigenvalue weighted by molar-refractivity contribution is 0.0950. The van der Waals surface area contributed by atoms with Crippen LogP contribution in [0.4, 0.5) is 0 Å². The molecule has 0 spiro atoms. The van der Waals surface area contributed by atoms with Gasteiger partial charge in [0.25, 0.3) is 0 Å². The minimum atomic E-state index is -0.00246. The van der Waals surface area contributed by atoms with E-state index in [-0.39, 0.29) is 11.7 Å². The van der Waals surface area contributed by atoms with Crippen molar-refractivity contribution >= 4 is 33.4 Å². The van der Waals surface area contributed by atoms with Crippen LogP contribution in [0.5, 0.6) is 0 Å². The summed E-state index contributed by atoms with van der Waals surface area (Å²) in [6.45, 7) is 0.342. The van der Waals surface area contributed by atoms with Crippen LogP contribution in [0.3, 0.4) is 0 Å². The van der Waals surface area contributed by atoms with Gasteiger partial charge in [0.15, 0.2) is 17.1 Å². The molecule has 2 heterocycles. The number of aromatic nitrogens is 4. The summed E-state index contributed by atoms with van der Waals surface area (Å²) in [6.07, 6.45) is 5.27. The van der Waals surface area contributed by atoms with Crippen molar-refractivity contribution in [1.82, 2.24) is 19.8 Å². The zero-order valence-electron chi connectivity index (χ0n) is 17.5. The van der Waals surface area contributed by atoms with E-state index in [1.807, 2.05) is 54.6 Å². The molecule has 0 N–H and O–H groups in total. The van der Waals surface area contributed by atoms with Gasteiger partial charge in [-0.05, 0) is 35.6 Å². The minimum absolute atomic E-state index is 0.00246. The molecule has 1 atom stereocenters. The molecule has 2 aromatic carbocycles. The van der Waals surface area contributed by atoms with Crippen LogP contribution in [0, 0.1) is 5.92 Å². The number of carbonyl (C=O) groups is 1. The number of Topliss-reactive ketones (excluding diaryl/α,β-unsaturated/α-hetero) is 1. The fourth-order valence-corrected chi connectivity index (χ4v) is 4.41. The van der Waals surface area contributed by atoms with Gasteiger partial charge in [0.2, 0.25) is 0 Å². The summed E-state index contributed by atoms with van der Waals surface area (Å²) in [4.78, 5) is 12.9. The molecule has 1 aliphatic carbocycles. The summed E-state index contributed by atoms with van der Waals surface area (Å²) in [5, 5.41) is 13.5. The molecule has 1 aliphatic rings. The highest BCUT2D eigenvalue weighted by Crippen LogP contribution is 2.32. The minimum Gasteiger partial charge on any atom is -0.378 e. The Labute approximate surface area is 194 Å². The van der Waals surface area contributed by atoms with E-state index in [0.717, 1.165) is 32.6 Å². The first-order valence-corrected chi connectivity index (χ1v) is 11.2. The number of methoxy groups -OCH3 is 1. The van der Waals surface area contributed by atoms with Gasteiger partial charge in [0.1, 0.15) is 0 Å². The maximum atomic E-state index is 12.9. The van der Waals surface area contributed by atoms with Crippen LogP contribution in [0.2, 0.25) is 0 Å². The quantitative estimate of drug-likeness (QED) is 0.388. The van der Waals surface area contributed by atoms with Gasteiger partial charge in [-0.2, -0.15) is 5.10 Å². The summed E-state index contributed by atoms with van der Waals surface area (Å²) in [5.74, 6) is 0.0751. The van der Waals surface area contributed by atoms with Gasteiger partial charge in [-0.3, -0.25) is 4.79 Å². The lowest BCUT2D eigenvalue weighted by Crippen LogP contribution is -2.24. The molecule has 7 heteroatoms. The number of fused-ring (bicyclic) bond motifs is 3. The molecule has 160 valence electrons. The van der Waals surface area contributed by atoms with Crippen molar-refractivity contribution in [1.29, 1.82) is 0 Å². The number of carbonyl (C=O) groups excluding carboxylic acids is 1. The van der Waals surface area contributed by atoms with Crippen molar-refractivity contribution in [2.45, 2.75) is 19.4 Å². The average molecular weight is 489 g/mol. The Morgan fingerprint density at radius 3 is 2.62 bits per heavy atom. The van der Waals surface area contributed by atoms with Gasteiger partial charge >= 0.3 is 0 Å². The van der Waals surface area contributed by atoms with Gasteiger partial charge in [-0.25, -0.2) is 4.52 Å². The molecule has 0 radical (unpaired) electrons. The molecule has 0 saturated carbocycles. The maximum Gasteiger partial charge on any atom is 0.185 e. The predicted octanol–water partition coefficient (Wildman–Crippen LogP) is 5.16. The first-order chi connectivity index (χ1) is 15.6. The molecule has 0 unspecified atom stereocenters. The molecular weight excluding hydrogens is 468 g/mol. The molecule has 6 nitrogen and oxygen atoms in total. The molecule has 32 heavy (non-hydrogen) atoms. The second-order valence-corrected chi connectivity index (χ2v) is 8.77. The first-order valence-electron chi connectivity index (χ1n) is 10.4. The van der Waals surface area contributed by atoms with E-state index in [2.05, 4.69) is 38.3 Å². The summed E-state index contributed by atoms with van der Waals surface area (Å²) >= 11 is 3.48. The summed E-state index contributed by atoms with van der Waals surface area (Å²) in [7, 11) is 1.64. The number of rotatable bonds is 5. The van der Waals surface area contributed by atoms with Gasteiger partial charge in [-0.15, -0.1) is 10.2 Å². The van der Waals surface area contributed by atoms with E-state index in [0.29, 0.717) is 30.8 Å². The zero-order chi connectivity index (χ0) is 22.1. The summed E-state index contributed by atoms with van der Waals surface area (Å²) in [5.41, 5.74) is 5.59. The van der Waals surface area contributed by atoms with E-state index >= 15 is 0 Å². The van der Waals surface area contributed by atoms with E-state index in [4.69, 9.17) is 9.84 Å². The van der Waals surface area contributed by atoms with Crippen molar-refractivity contribution in [3.63, 3.8) is 0 Å². The number of halogens is 1. The Hall–Kier alpha value is -3.16.